The normalized spacial score (nSPS) is 22.2. The number of carbonyl (C=O) groups is 1. The highest BCUT2D eigenvalue weighted by Crippen LogP contribution is 2.38. The van der Waals surface area contributed by atoms with E-state index in [9.17, 15) is 4.79 Å². The van der Waals surface area contributed by atoms with Gasteiger partial charge in [-0.05, 0) is 91.9 Å². The van der Waals surface area contributed by atoms with Crippen molar-refractivity contribution in [3.05, 3.63) is 88.9 Å². The van der Waals surface area contributed by atoms with Gasteiger partial charge in [0.25, 0.3) is 0 Å². The van der Waals surface area contributed by atoms with E-state index in [-0.39, 0.29) is 0 Å². The molecule has 2 aliphatic heterocycles. The van der Waals surface area contributed by atoms with Crippen LogP contribution >= 0.6 is 11.6 Å². The number of ether oxygens (including phenoxy) is 1. The molecule has 0 spiro atoms. The molecule has 2 aliphatic rings. The Hall–Kier alpha value is -3.02. The number of piperidine rings is 1. The highest BCUT2D eigenvalue weighted by atomic mass is 35.5. The van der Waals surface area contributed by atoms with Gasteiger partial charge in [0.1, 0.15) is 11.5 Å². The van der Waals surface area contributed by atoms with Crippen LogP contribution in [0.2, 0.25) is 5.02 Å². The molecule has 6 heteroatoms. The second-order valence-electron chi connectivity index (χ2n) is 8.95. The number of nitrogens with one attached hydrogen (secondary N) is 1. The first-order valence-electron chi connectivity index (χ1n) is 11.4. The maximum Gasteiger partial charge on any atom is 0.335 e. The van der Waals surface area contributed by atoms with Crippen molar-refractivity contribution in [2.45, 2.75) is 50.4 Å². The number of rotatable bonds is 7. The highest BCUT2D eigenvalue weighted by molar-refractivity contribution is 6.30. The Balaban J connectivity index is 1.16. The molecule has 0 aliphatic carbocycles. The third kappa shape index (κ3) is 5.15. The van der Waals surface area contributed by atoms with Crippen LogP contribution in [0.25, 0.3) is 0 Å². The Labute approximate surface area is 199 Å². The van der Waals surface area contributed by atoms with Crippen molar-refractivity contribution < 1.29 is 14.6 Å². The molecular formula is C27H27ClN2O3. The summed E-state index contributed by atoms with van der Waals surface area (Å²) in [5.74, 6) is 0.686. The van der Waals surface area contributed by atoms with E-state index >= 15 is 0 Å². The Morgan fingerprint density at radius 2 is 1.48 bits per heavy atom. The molecule has 3 aromatic rings. The molecule has 5 rings (SSSR count). The lowest BCUT2D eigenvalue weighted by molar-refractivity contribution is 0.0696. The van der Waals surface area contributed by atoms with E-state index in [0.29, 0.717) is 28.7 Å². The van der Waals surface area contributed by atoms with Crippen molar-refractivity contribution in [1.82, 2.24) is 4.90 Å². The lowest BCUT2D eigenvalue weighted by Gasteiger charge is -2.39. The van der Waals surface area contributed by atoms with Gasteiger partial charge in [-0.1, -0.05) is 23.7 Å². The van der Waals surface area contributed by atoms with Gasteiger partial charge in [-0.3, -0.25) is 4.90 Å². The number of halogens is 1. The molecule has 2 bridgehead atoms. The second kappa shape index (κ2) is 9.46. The van der Waals surface area contributed by atoms with Crippen molar-refractivity contribution in [2.24, 2.45) is 0 Å². The van der Waals surface area contributed by atoms with Gasteiger partial charge in [-0.2, -0.15) is 0 Å². The van der Waals surface area contributed by atoms with Crippen molar-refractivity contribution in [2.75, 3.05) is 5.32 Å². The van der Waals surface area contributed by atoms with Gasteiger partial charge in [0.05, 0.1) is 5.56 Å². The molecule has 0 radical (unpaired) electrons. The quantitative estimate of drug-likeness (QED) is 0.423. The molecule has 2 saturated heterocycles. The monoisotopic (exact) mass is 462 g/mol. The molecule has 0 amide bonds. The number of carboxylic acids is 1. The second-order valence-corrected chi connectivity index (χ2v) is 9.39. The molecule has 33 heavy (non-hydrogen) atoms. The molecule has 3 aromatic carbocycles. The van der Waals surface area contributed by atoms with Gasteiger partial charge in [0.15, 0.2) is 0 Å². The lowest BCUT2D eigenvalue weighted by Crippen LogP contribution is -2.46. The molecular weight excluding hydrogens is 436 g/mol. The number of anilines is 1. The zero-order valence-corrected chi connectivity index (χ0v) is 19.0. The van der Waals surface area contributed by atoms with Gasteiger partial charge >= 0.3 is 5.97 Å². The third-order valence-electron chi connectivity index (χ3n) is 6.72. The van der Waals surface area contributed by atoms with E-state index in [1.807, 2.05) is 48.5 Å². The fraction of sp³-hybridized carbons (Fsp3) is 0.296. The molecule has 2 N–H and O–H groups in total. The summed E-state index contributed by atoms with van der Waals surface area (Å²) in [5, 5.41) is 13.5. The van der Waals surface area contributed by atoms with Crippen molar-refractivity contribution in [3.8, 4) is 11.5 Å². The Morgan fingerprint density at radius 1 is 0.909 bits per heavy atom. The van der Waals surface area contributed by atoms with Gasteiger partial charge in [0, 0.05) is 35.4 Å². The van der Waals surface area contributed by atoms with Crippen LogP contribution in [0.1, 0.15) is 41.6 Å². The van der Waals surface area contributed by atoms with Crippen LogP contribution in [0.5, 0.6) is 11.5 Å². The van der Waals surface area contributed by atoms with Gasteiger partial charge in [0.2, 0.25) is 0 Å². The van der Waals surface area contributed by atoms with E-state index in [4.69, 9.17) is 21.4 Å². The van der Waals surface area contributed by atoms with Crippen molar-refractivity contribution in [1.29, 1.82) is 0 Å². The minimum absolute atomic E-state index is 0.342. The number of fused-ring (bicyclic) bond motifs is 2. The van der Waals surface area contributed by atoms with E-state index in [1.54, 1.807) is 12.1 Å². The minimum atomic E-state index is -0.877. The zero-order valence-electron chi connectivity index (χ0n) is 18.3. The largest absolute Gasteiger partial charge is 0.478 e. The van der Waals surface area contributed by atoms with Crippen LogP contribution in [-0.2, 0) is 6.54 Å². The van der Waals surface area contributed by atoms with Gasteiger partial charge in [-0.15, -0.1) is 0 Å². The van der Waals surface area contributed by atoms with Crippen LogP contribution in [0.4, 0.5) is 5.69 Å². The summed E-state index contributed by atoms with van der Waals surface area (Å²) in [4.78, 5) is 13.7. The number of benzene rings is 3. The summed E-state index contributed by atoms with van der Waals surface area (Å²) in [6.07, 6.45) is 4.69. The fourth-order valence-electron chi connectivity index (χ4n) is 5.11. The summed E-state index contributed by atoms with van der Waals surface area (Å²) in [6, 6.07) is 24.4. The van der Waals surface area contributed by atoms with Gasteiger partial charge in [-0.25, -0.2) is 4.79 Å². The molecule has 2 heterocycles. The first kappa shape index (κ1) is 21.8. The van der Waals surface area contributed by atoms with E-state index in [2.05, 4.69) is 22.3 Å². The average Bonchev–Trinajstić information content (AvgIpc) is 3.04. The van der Waals surface area contributed by atoms with Crippen LogP contribution in [0, 0.1) is 0 Å². The summed E-state index contributed by atoms with van der Waals surface area (Å²) in [5.41, 5.74) is 2.63. The minimum Gasteiger partial charge on any atom is -0.478 e. The molecule has 2 fully saturated rings. The van der Waals surface area contributed by atoms with Crippen LogP contribution < -0.4 is 10.1 Å². The number of hydrogen-bond acceptors (Lipinski definition) is 4. The van der Waals surface area contributed by atoms with Crippen LogP contribution in [0.3, 0.4) is 0 Å². The Kier molecular flexibility index (Phi) is 6.25. The number of carboxylic acid groups (broad SMARTS) is 1. The number of aromatic carboxylic acids is 1. The lowest BCUT2D eigenvalue weighted by atomic mass is 9.96. The standard InChI is InChI=1S/C27H27ClN2O3/c28-20-5-11-25(12-6-20)33-26-13-7-21(8-14-26)29-22-15-23-9-10-24(16-22)30(23)17-18-1-3-19(4-2-18)27(31)32/h1-8,11-14,22-24,29H,9-10,15-17H2,(H,31,32). The summed E-state index contributed by atoms with van der Waals surface area (Å²) in [7, 11) is 0. The van der Waals surface area contributed by atoms with E-state index < -0.39 is 5.97 Å². The van der Waals surface area contributed by atoms with E-state index in [0.717, 1.165) is 36.6 Å². The molecule has 0 aromatic heterocycles. The first-order chi connectivity index (χ1) is 16.0. The molecule has 0 saturated carbocycles. The van der Waals surface area contributed by atoms with Crippen LogP contribution in [0.15, 0.2) is 72.8 Å². The third-order valence-corrected chi connectivity index (χ3v) is 6.98. The fourth-order valence-corrected chi connectivity index (χ4v) is 5.23. The summed E-state index contributed by atoms with van der Waals surface area (Å²) >= 11 is 5.93. The van der Waals surface area contributed by atoms with Gasteiger partial charge < -0.3 is 15.2 Å². The maximum absolute atomic E-state index is 11.1. The van der Waals surface area contributed by atoms with Crippen LogP contribution in [-0.4, -0.2) is 34.1 Å². The molecule has 170 valence electrons. The topological polar surface area (TPSA) is 61.8 Å². The predicted octanol–water partition coefficient (Wildman–Crippen LogP) is 6.44. The molecule has 2 unspecified atom stereocenters. The highest BCUT2D eigenvalue weighted by Gasteiger charge is 2.40. The molecule has 2 atom stereocenters. The Morgan fingerprint density at radius 3 is 2.06 bits per heavy atom. The summed E-state index contributed by atoms with van der Waals surface area (Å²) < 4.78 is 5.89. The Bertz CT molecular complexity index is 1090. The smallest absolute Gasteiger partial charge is 0.335 e. The summed E-state index contributed by atoms with van der Waals surface area (Å²) in [6.45, 7) is 0.888. The first-order valence-corrected chi connectivity index (χ1v) is 11.8. The van der Waals surface area contributed by atoms with Crippen molar-refractivity contribution in [3.63, 3.8) is 0 Å². The van der Waals surface area contributed by atoms with E-state index in [1.165, 1.54) is 18.4 Å². The SMILES string of the molecule is O=C(O)c1ccc(CN2C3CCC2CC(Nc2ccc(Oc4ccc(Cl)cc4)cc2)C3)cc1. The number of hydrogen-bond donors (Lipinski definition) is 2. The number of nitrogens with zero attached hydrogens (tertiary/aromatic N) is 1. The van der Waals surface area contributed by atoms with Crippen molar-refractivity contribution >= 4 is 23.3 Å². The average molecular weight is 463 g/mol. The predicted molar refractivity (Wildman–Crippen MR) is 130 cm³/mol. The molecule has 5 nitrogen and oxygen atoms in total. The zero-order chi connectivity index (χ0) is 22.8. The maximum atomic E-state index is 11.1.